The molecular formula is C21H15Cl2NO3. The minimum absolute atomic E-state index is 0.381. The van der Waals surface area contributed by atoms with Gasteiger partial charge in [0.1, 0.15) is 0 Å². The van der Waals surface area contributed by atoms with Gasteiger partial charge in [-0.05, 0) is 35.2 Å². The van der Waals surface area contributed by atoms with E-state index >= 15 is 0 Å². The minimum atomic E-state index is -0.630. The van der Waals surface area contributed by atoms with E-state index in [-0.39, 0.29) is 6.61 Å². The third-order valence-corrected chi connectivity index (χ3v) is 4.50. The highest BCUT2D eigenvalue weighted by Gasteiger charge is 2.08. The molecular weight excluding hydrogens is 385 g/mol. The molecule has 0 heterocycles. The zero-order valence-corrected chi connectivity index (χ0v) is 15.6. The normalized spacial score (nSPS) is 10.9. The molecule has 0 unspecified atom stereocenters. The van der Waals surface area contributed by atoms with Gasteiger partial charge in [-0.2, -0.15) is 0 Å². The van der Waals surface area contributed by atoms with Crippen LogP contribution in [0.4, 0.5) is 5.69 Å². The number of ether oxygens (including phenoxy) is 1. The van der Waals surface area contributed by atoms with Crippen LogP contribution in [0.15, 0.2) is 66.7 Å². The van der Waals surface area contributed by atoms with E-state index in [9.17, 15) is 9.59 Å². The Morgan fingerprint density at radius 1 is 0.963 bits per heavy atom. The number of amides is 1. The fourth-order valence-electron chi connectivity index (χ4n) is 2.49. The molecule has 0 spiro atoms. The number of nitrogens with one attached hydrogen (secondary N) is 1. The number of anilines is 1. The van der Waals surface area contributed by atoms with Gasteiger partial charge in [0.15, 0.2) is 6.61 Å². The lowest BCUT2D eigenvalue weighted by atomic mass is 10.1. The molecule has 1 amide bonds. The third kappa shape index (κ3) is 5.09. The fraction of sp³-hybridized carbons (Fsp3) is 0.0476. The van der Waals surface area contributed by atoms with E-state index in [1.165, 1.54) is 12.2 Å². The molecule has 1 N–H and O–H groups in total. The Hall–Kier alpha value is -2.82. The zero-order chi connectivity index (χ0) is 19.2. The van der Waals surface area contributed by atoms with Crippen molar-refractivity contribution in [2.75, 3.05) is 11.9 Å². The smallest absolute Gasteiger partial charge is 0.331 e. The predicted octanol–water partition coefficient (Wildman–Crippen LogP) is 5.34. The van der Waals surface area contributed by atoms with Crippen molar-refractivity contribution in [3.63, 3.8) is 0 Å². The van der Waals surface area contributed by atoms with Gasteiger partial charge >= 0.3 is 5.97 Å². The molecule has 6 heteroatoms. The van der Waals surface area contributed by atoms with E-state index in [1.54, 1.807) is 24.3 Å². The van der Waals surface area contributed by atoms with Crippen LogP contribution in [0, 0.1) is 0 Å². The first-order valence-electron chi connectivity index (χ1n) is 8.10. The van der Waals surface area contributed by atoms with Gasteiger partial charge in [0.05, 0.1) is 10.0 Å². The molecule has 3 aromatic rings. The lowest BCUT2D eigenvalue weighted by Gasteiger charge is -2.08. The summed E-state index contributed by atoms with van der Waals surface area (Å²) in [5.74, 6) is -1.04. The van der Waals surface area contributed by atoms with Gasteiger partial charge in [-0.3, -0.25) is 4.79 Å². The average Bonchev–Trinajstić information content (AvgIpc) is 2.67. The SMILES string of the molecule is O=C(COC(=O)C=Cc1ccc(Cl)c(Cl)c1)Nc1cccc2ccccc12. The van der Waals surface area contributed by atoms with Crippen LogP contribution in [0.1, 0.15) is 5.56 Å². The molecule has 0 bridgehead atoms. The number of carbonyl (C=O) groups is 2. The van der Waals surface area contributed by atoms with Crippen LogP contribution in [0.3, 0.4) is 0 Å². The largest absolute Gasteiger partial charge is 0.452 e. The summed E-state index contributed by atoms with van der Waals surface area (Å²) in [5.41, 5.74) is 1.36. The van der Waals surface area contributed by atoms with Crippen molar-refractivity contribution in [2.24, 2.45) is 0 Å². The molecule has 0 aromatic heterocycles. The second-order valence-electron chi connectivity index (χ2n) is 5.69. The van der Waals surface area contributed by atoms with Crippen molar-refractivity contribution >= 4 is 57.6 Å². The van der Waals surface area contributed by atoms with Gasteiger partial charge in [0, 0.05) is 17.1 Å². The van der Waals surface area contributed by atoms with Gasteiger partial charge in [-0.15, -0.1) is 0 Å². The number of carbonyl (C=O) groups excluding carboxylic acids is 2. The lowest BCUT2D eigenvalue weighted by molar-refractivity contribution is -0.142. The molecule has 27 heavy (non-hydrogen) atoms. The van der Waals surface area contributed by atoms with Gasteiger partial charge in [0.2, 0.25) is 0 Å². The Labute approximate surface area is 166 Å². The van der Waals surface area contributed by atoms with Crippen LogP contribution in [0.5, 0.6) is 0 Å². The maximum absolute atomic E-state index is 12.1. The first-order valence-corrected chi connectivity index (χ1v) is 8.86. The Morgan fingerprint density at radius 3 is 2.56 bits per heavy atom. The molecule has 0 aliphatic heterocycles. The lowest BCUT2D eigenvalue weighted by Crippen LogP contribution is -2.20. The number of rotatable bonds is 5. The molecule has 0 saturated heterocycles. The summed E-state index contributed by atoms with van der Waals surface area (Å²) in [7, 11) is 0. The van der Waals surface area contributed by atoms with E-state index in [2.05, 4.69) is 5.32 Å². The third-order valence-electron chi connectivity index (χ3n) is 3.76. The van der Waals surface area contributed by atoms with Crippen LogP contribution < -0.4 is 5.32 Å². The van der Waals surface area contributed by atoms with Crippen molar-refractivity contribution in [1.82, 2.24) is 0 Å². The summed E-state index contributed by atoms with van der Waals surface area (Å²) < 4.78 is 4.97. The fourth-order valence-corrected chi connectivity index (χ4v) is 2.79. The quantitative estimate of drug-likeness (QED) is 0.465. The summed E-state index contributed by atoms with van der Waals surface area (Å²) in [6.07, 6.45) is 2.76. The number of hydrogen-bond acceptors (Lipinski definition) is 3. The standard InChI is InChI=1S/C21H15Cl2NO3/c22-17-10-8-14(12-18(17)23)9-11-21(26)27-13-20(25)24-19-7-3-5-15-4-1-2-6-16(15)19/h1-12H,13H2,(H,24,25). The van der Waals surface area contributed by atoms with Crippen LogP contribution in [-0.2, 0) is 14.3 Å². The second kappa shape index (κ2) is 8.71. The van der Waals surface area contributed by atoms with E-state index < -0.39 is 11.9 Å². The molecule has 136 valence electrons. The van der Waals surface area contributed by atoms with Crippen LogP contribution in [0.2, 0.25) is 10.0 Å². The molecule has 4 nitrogen and oxygen atoms in total. The van der Waals surface area contributed by atoms with Crippen LogP contribution in [-0.4, -0.2) is 18.5 Å². The van der Waals surface area contributed by atoms with Gasteiger partial charge in [-0.25, -0.2) is 4.79 Å². The maximum Gasteiger partial charge on any atom is 0.331 e. The molecule has 0 atom stereocenters. The monoisotopic (exact) mass is 399 g/mol. The summed E-state index contributed by atoms with van der Waals surface area (Å²) in [4.78, 5) is 23.9. The Balaban J connectivity index is 1.56. The molecule has 0 aliphatic carbocycles. The average molecular weight is 400 g/mol. The van der Waals surface area contributed by atoms with Crippen LogP contribution in [0.25, 0.3) is 16.8 Å². The summed E-state index contributed by atoms with van der Waals surface area (Å²) >= 11 is 11.8. The minimum Gasteiger partial charge on any atom is -0.452 e. The topological polar surface area (TPSA) is 55.4 Å². The van der Waals surface area contributed by atoms with Crippen molar-refractivity contribution < 1.29 is 14.3 Å². The Kier molecular flexibility index (Phi) is 6.12. The van der Waals surface area contributed by atoms with Crippen molar-refractivity contribution in [3.05, 3.63) is 82.3 Å². The molecule has 0 radical (unpaired) electrons. The van der Waals surface area contributed by atoms with E-state index in [0.717, 1.165) is 10.8 Å². The van der Waals surface area contributed by atoms with Gasteiger partial charge in [-0.1, -0.05) is 65.7 Å². The van der Waals surface area contributed by atoms with Crippen molar-refractivity contribution in [2.45, 2.75) is 0 Å². The van der Waals surface area contributed by atoms with Gasteiger partial charge < -0.3 is 10.1 Å². The molecule has 0 aliphatic rings. The number of halogens is 2. The van der Waals surface area contributed by atoms with E-state index in [4.69, 9.17) is 27.9 Å². The molecule has 3 aromatic carbocycles. The highest BCUT2D eigenvalue weighted by Crippen LogP contribution is 2.24. The molecule has 3 rings (SSSR count). The van der Waals surface area contributed by atoms with Crippen molar-refractivity contribution in [1.29, 1.82) is 0 Å². The first-order chi connectivity index (χ1) is 13.0. The molecule has 0 saturated carbocycles. The predicted molar refractivity (Wildman–Crippen MR) is 109 cm³/mol. The number of fused-ring (bicyclic) bond motifs is 1. The first kappa shape index (κ1) is 19.0. The Bertz CT molecular complexity index is 1030. The highest BCUT2D eigenvalue weighted by molar-refractivity contribution is 6.42. The maximum atomic E-state index is 12.1. The zero-order valence-electron chi connectivity index (χ0n) is 14.1. The summed E-state index contributed by atoms with van der Waals surface area (Å²) in [5, 5.41) is 5.50. The Morgan fingerprint density at radius 2 is 1.74 bits per heavy atom. The van der Waals surface area contributed by atoms with Gasteiger partial charge in [0.25, 0.3) is 5.91 Å². The van der Waals surface area contributed by atoms with Crippen molar-refractivity contribution in [3.8, 4) is 0 Å². The number of esters is 1. The van der Waals surface area contributed by atoms with Crippen LogP contribution >= 0.6 is 23.2 Å². The summed E-state index contributed by atoms with van der Waals surface area (Å²) in [6, 6.07) is 18.3. The highest BCUT2D eigenvalue weighted by atomic mass is 35.5. The number of hydrogen-bond donors (Lipinski definition) is 1. The second-order valence-corrected chi connectivity index (χ2v) is 6.50. The van der Waals surface area contributed by atoms with E-state index in [0.29, 0.717) is 21.3 Å². The molecule has 0 fully saturated rings. The summed E-state index contributed by atoms with van der Waals surface area (Å²) in [6.45, 7) is -0.381. The number of benzene rings is 3. The van der Waals surface area contributed by atoms with E-state index in [1.807, 2.05) is 36.4 Å².